The highest BCUT2D eigenvalue weighted by Crippen LogP contribution is 2.28. The summed E-state index contributed by atoms with van der Waals surface area (Å²) in [5.74, 6) is 0.893. The fourth-order valence-corrected chi connectivity index (χ4v) is 3.80. The Hall–Kier alpha value is -2.05. The number of aliphatic hydroxyl groups is 1. The third-order valence-electron chi connectivity index (χ3n) is 5.05. The second-order valence-corrected chi connectivity index (χ2v) is 6.77. The fourth-order valence-electron chi connectivity index (χ4n) is 3.80. The third-order valence-corrected chi connectivity index (χ3v) is 5.05. The number of aromatic nitrogens is 1. The molecule has 1 aromatic heterocycles. The Morgan fingerprint density at radius 3 is 2.84 bits per heavy atom. The molecule has 1 saturated heterocycles. The summed E-state index contributed by atoms with van der Waals surface area (Å²) in [5.41, 5.74) is 2.45. The van der Waals surface area contributed by atoms with Crippen LogP contribution in [0.3, 0.4) is 0 Å². The number of hydrogen-bond acceptors (Lipinski definition) is 4. The second kappa shape index (κ2) is 7.45. The van der Waals surface area contributed by atoms with E-state index in [0.717, 1.165) is 31.9 Å². The van der Waals surface area contributed by atoms with E-state index in [1.54, 1.807) is 7.11 Å². The Morgan fingerprint density at radius 1 is 1.40 bits per heavy atom. The number of nitrogens with one attached hydrogen (secondary N) is 1. The van der Waals surface area contributed by atoms with Gasteiger partial charge in [0.25, 0.3) is 0 Å². The molecule has 6 nitrogen and oxygen atoms in total. The van der Waals surface area contributed by atoms with Crippen molar-refractivity contribution >= 4 is 16.8 Å². The first kappa shape index (κ1) is 17.8. The number of methoxy groups -OCH3 is 1. The van der Waals surface area contributed by atoms with Crippen LogP contribution in [0.4, 0.5) is 0 Å². The maximum absolute atomic E-state index is 11.4. The van der Waals surface area contributed by atoms with Gasteiger partial charge in [0.2, 0.25) is 5.91 Å². The summed E-state index contributed by atoms with van der Waals surface area (Å²) in [7, 11) is 1.68. The first-order chi connectivity index (χ1) is 12.0. The van der Waals surface area contributed by atoms with Crippen molar-refractivity contribution < 1.29 is 14.6 Å². The van der Waals surface area contributed by atoms with Crippen LogP contribution in [-0.4, -0.2) is 53.3 Å². The van der Waals surface area contributed by atoms with E-state index in [0.29, 0.717) is 0 Å². The molecule has 2 heterocycles. The van der Waals surface area contributed by atoms with E-state index in [2.05, 4.69) is 40.0 Å². The van der Waals surface area contributed by atoms with Gasteiger partial charge in [0.15, 0.2) is 0 Å². The molecule has 2 aromatic rings. The van der Waals surface area contributed by atoms with Crippen molar-refractivity contribution in [2.75, 3.05) is 26.8 Å². The predicted octanol–water partition coefficient (Wildman–Crippen LogP) is 1.60. The number of fused-ring (bicyclic) bond motifs is 1. The maximum Gasteiger partial charge on any atom is 0.217 e. The van der Waals surface area contributed by atoms with E-state index in [-0.39, 0.29) is 24.5 Å². The fraction of sp³-hybridized carbons (Fsp3) is 0.526. The molecule has 2 N–H and O–H groups in total. The van der Waals surface area contributed by atoms with E-state index in [1.807, 2.05) is 6.07 Å². The van der Waals surface area contributed by atoms with Crippen molar-refractivity contribution in [2.45, 2.75) is 33.0 Å². The number of likely N-dealkylation sites (tertiary alicyclic amines) is 1. The lowest BCUT2D eigenvalue weighted by molar-refractivity contribution is -0.119. The smallest absolute Gasteiger partial charge is 0.217 e. The molecule has 136 valence electrons. The van der Waals surface area contributed by atoms with Gasteiger partial charge in [-0.25, -0.2) is 0 Å². The first-order valence-electron chi connectivity index (χ1n) is 8.81. The van der Waals surface area contributed by atoms with E-state index < -0.39 is 0 Å². The van der Waals surface area contributed by atoms with Gasteiger partial charge in [0.05, 0.1) is 7.11 Å². The van der Waals surface area contributed by atoms with Crippen LogP contribution < -0.4 is 10.1 Å². The van der Waals surface area contributed by atoms with Crippen LogP contribution >= 0.6 is 0 Å². The van der Waals surface area contributed by atoms with Crippen molar-refractivity contribution in [2.24, 2.45) is 5.92 Å². The van der Waals surface area contributed by atoms with Gasteiger partial charge in [-0.15, -0.1) is 0 Å². The second-order valence-electron chi connectivity index (χ2n) is 6.77. The van der Waals surface area contributed by atoms with Crippen molar-refractivity contribution in [3.05, 3.63) is 30.0 Å². The number of carbonyl (C=O) groups is 1. The number of rotatable bonds is 6. The number of hydrogen-bond donors (Lipinski definition) is 2. The molecule has 1 fully saturated rings. The zero-order valence-corrected chi connectivity index (χ0v) is 15.2. The first-order valence-corrected chi connectivity index (χ1v) is 8.81. The Balaban J connectivity index is 1.84. The van der Waals surface area contributed by atoms with Gasteiger partial charge in [0.1, 0.15) is 5.75 Å². The lowest BCUT2D eigenvalue weighted by Gasteiger charge is -2.16. The third kappa shape index (κ3) is 3.65. The number of amides is 1. The molecule has 0 radical (unpaired) electrons. The molecular formula is C19H27N3O3. The molecule has 1 amide bonds. The van der Waals surface area contributed by atoms with E-state index in [4.69, 9.17) is 4.74 Å². The number of benzene rings is 1. The zero-order valence-electron chi connectivity index (χ0n) is 15.2. The largest absolute Gasteiger partial charge is 0.497 e. The molecule has 0 saturated carbocycles. The summed E-state index contributed by atoms with van der Waals surface area (Å²) in [6.45, 7) is 7.00. The van der Waals surface area contributed by atoms with Crippen LogP contribution in [0, 0.1) is 5.92 Å². The summed E-state index contributed by atoms with van der Waals surface area (Å²) < 4.78 is 7.63. The van der Waals surface area contributed by atoms with Crippen LogP contribution in [0.15, 0.2) is 24.4 Å². The number of aryl methyl sites for hydroxylation is 1. The van der Waals surface area contributed by atoms with E-state index in [1.165, 1.54) is 23.4 Å². The summed E-state index contributed by atoms with van der Waals surface area (Å²) in [6.07, 6.45) is 2.20. The molecule has 2 atom stereocenters. The van der Waals surface area contributed by atoms with Gasteiger partial charge in [-0.2, -0.15) is 0 Å². The molecule has 1 aromatic carbocycles. The average molecular weight is 345 g/mol. The van der Waals surface area contributed by atoms with Crippen molar-refractivity contribution in [1.82, 2.24) is 14.8 Å². The summed E-state index contributed by atoms with van der Waals surface area (Å²) >= 11 is 0. The molecule has 1 aliphatic heterocycles. The van der Waals surface area contributed by atoms with Gasteiger partial charge >= 0.3 is 0 Å². The Morgan fingerprint density at radius 2 is 2.20 bits per heavy atom. The van der Waals surface area contributed by atoms with E-state index >= 15 is 0 Å². The molecule has 6 heteroatoms. The molecule has 0 bridgehead atoms. The molecule has 1 aliphatic rings. The topological polar surface area (TPSA) is 66.7 Å². The van der Waals surface area contributed by atoms with Crippen LogP contribution in [0.1, 0.15) is 19.4 Å². The highest BCUT2D eigenvalue weighted by atomic mass is 16.5. The van der Waals surface area contributed by atoms with Crippen molar-refractivity contribution in [1.29, 1.82) is 0 Å². The average Bonchev–Trinajstić information content (AvgIpc) is 3.14. The van der Waals surface area contributed by atoms with Gasteiger partial charge in [-0.1, -0.05) is 0 Å². The summed E-state index contributed by atoms with van der Waals surface area (Å²) in [5, 5.41) is 13.8. The van der Waals surface area contributed by atoms with Crippen LogP contribution in [0.25, 0.3) is 10.9 Å². The Bertz CT molecular complexity index is 756. The van der Waals surface area contributed by atoms with Gasteiger partial charge in [-0.3, -0.25) is 9.69 Å². The SMILES string of the molecule is CCn1cc(CN2C[C@@H](CO)[C@H](NC(C)=O)C2)c2cc(OC)ccc21. The van der Waals surface area contributed by atoms with Crippen LogP contribution in [-0.2, 0) is 17.9 Å². The number of ether oxygens (including phenoxy) is 1. The lowest BCUT2D eigenvalue weighted by Crippen LogP contribution is -2.40. The molecular weight excluding hydrogens is 318 g/mol. The van der Waals surface area contributed by atoms with Crippen molar-refractivity contribution in [3.63, 3.8) is 0 Å². The maximum atomic E-state index is 11.4. The van der Waals surface area contributed by atoms with E-state index in [9.17, 15) is 9.90 Å². The minimum absolute atomic E-state index is 0.0107. The predicted molar refractivity (Wildman–Crippen MR) is 97.6 cm³/mol. The standard InChI is InChI=1S/C19H27N3O3/c1-4-22-10-14(17-7-16(25-3)5-6-19(17)22)8-21-9-15(12-23)18(11-21)20-13(2)24/h5-7,10,15,18,23H,4,8-9,11-12H2,1-3H3,(H,20,24)/t15-,18+/m0/s1. The molecule has 0 aliphatic carbocycles. The van der Waals surface area contributed by atoms with Gasteiger partial charge in [0, 0.05) is 68.8 Å². The minimum Gasteiger partial charge on any atom is -0.497 e. The molecule has 3 rings (SSSR count). The number of aliphatic hydroxyl groups excluding tert-OH is 1. The summed E-state index contributed by atoms with van der Waals surface area (Å²) in [4.78, 5) is 13.7. The normalized spacial score (nSPS) is 21.0. The number of nitrogens with zero attached hydrogens (tertiary/aromatic N) is 2. The lowest BCUT2D eigenvalue weighted by atomic mass is 10.1. The van der Waals surface area contributed by atoms with Gasteiger partial charge < -0.3 is 19.7 Å². The molecule has 25 heavy (non-hydrogen) atoms. The minimum atomic E-state index is -0.0439. The molecule has 0 spiro atoms. The van der Waals surface area contributed by atoms with Gasteiger partial charge in [-0.05, 0) is 30.7 Å². The molecule has 0 unspecified atom stereocenters. The van der Waals surface area contributed by atoms with Crippen LogP contribution in [0.2, 0.25) is 0 Å². The quantitative estimate of drug-likeness (QED) is 0.835. The summed E-state index contributed by atoms with van der Waals surface area (Å²) in [6, 6.07) is 6.18. The Labute approximate surface area is 148 Å². The highest BCUT2D eigenvalue weighted by Gasteiger charge is 2.33. The number of carbonyl (C=O) groups excluding carboxylic acids is 1. The Kier molecular flexibility index (Phi) is 5.30. The van der Waals surface area contributed by atoms with Crippen LogP contribution in [0.5, 0.6) is 5.75 Å². The highest BCUT2D eigenvalue weighted by molar-refractivity contribution is 5.85. The zero-order chi connectivity index (χ0) is 18.0. The van der Waals surface area contributed by atoms with Crippen molar-refractivity contribution in [3.8, 4) is 5.75 Å². The monoisotopic (exact) mass is 345 g/mol.